The highest BCUT2D eigenvalue weighted by Crippen LogP contribution is 2.45. The minimum Gasteiger partial charge on any atom is -0.348 e. The zero-order valence-corrected chi connectivity index (χ0v) is 16.0. The van der Waals surface area contributed by atoms with Crippen LogP contribution in [0.25, 0.3) is 0 Å². The number of H-pyrrole nitrogens is 1. The van der Waals surface area contributed by atoms with Crippen LogP contribution in [0.1, 0.15) is 53.3 Å². The summed E-state index contributed by atoms with van der Waals surface area (Å²) in [6.45, 7) is 3.71. The number of hydrogen-bond acceptors (Lipinski definition) is 5. The van der Waals surface area contributed by atoms with E-state index in [-0.39, 0.29) is 17.7 Å². The number of carbonyl (C=O) groups excluding carboxylic acids is 2. The molecule has 0 aromatic carbocycles. The molecule has 1 saturated carbocycles. The topological polar surface area (TPSA) is 95.1 Å². The van der Waals surface area contributed by atoms with Gasteiger partial charge in [0.25, 0.3) is 5.91 Å². The third-order valence-corrected chi connectivity index (χ3v) is 6.36. The van der Waals surface area contributed by atoms with Gasteiger partial charge < -0.3 is 14.8 Å². The molecular weight excluding hydrogens is 356 g/mol. The number of nitrogens with one attached hydrogen (secondary N) is 1. The summed E-state index contributed by atoms with van der Waals surface area (Å²) in [5.74, 6) is 1.05. The molecule has 1 saturated heterocycles. The molecule has 8 heteroatoms. The van der Waals surface area contributed by atoms with Crippen molar-refractivity contribution in [2.45, 2.75) is 44.6 Å². The minimum atomic E-state index is -0.395. The van der Waals surface area contributed by atoms with Crippen molar-refractivity contribution >= 4 is 11.8 Å². The summed E-state index contributed by atoms with van der Waals surface area (Å²) < 4.78 is 0. The Morgan fingerprint density at radius 2 is 1.82 bits per heavy atom. The van der Waals surface area contributed by atoms with Gasteiger partial charge in [-0.15, -0.1) is 0 Å². The summed E-state index contributed by atoms with van der Waals surface area (Å²) in [4.78, 5) is 45.9. The molecule has 146 valence electrons. The van der Waals surface area contributed by atoms with Gasteiger partial charge in [-0.05, 0) is 32.6 Å². The number of hydrogen-bond donors (Lipinski definition) is 1. The Morgan fingerprint density at radius 3 is 2.50 bits per heavy atom. The third-order valence-electron chi connectivity index (χ3n) is 6.36. The molecule has 4 heterocycles. The number of amides is 2. The van der Waals surface area contributed by atoms with Crippen LogP contribution in [0.15, 0.2) is 18.7 Å². The standard InChI is InChI=1S/C20H24N6O2/c1-13-21-10-15(11-22-13)18(27)25-8-5-20(6-9-25)17-16(23-12-24-17)4-7-26(20)19(28)14-2-3-14/h10-12,14H,2-9H2,1H3,(H,23,24). The van der Waals surface area contributed by atoms with Gasteiger partial charge in [-0.3, -0.25) is 9.59 Å². The molecule has 3 aliphatic rings. The van der Waals surface area contributed by atoms with E-state index < -0.39 is 5.54 Å². The van der Waals surface area contributed by atoms with E-state index in [9.17, 15) is 9.59 Å². The van der Waals surface area contributed by atoms with Crippen LogP contribution < -0.4 is 0 Å². The first-order valence-electron chi connectivity index (χ1n) is 10.0. The fourth-order valence-corrected chi connectivity index (χ4v) is 4.62. The van der Waals surface area contributed by atoms with E-state index in [1.54, 1.807) is 25.6 Å². The Kier molecular flexibility index (Phi) is 3.96. The lowest BCUT2D eigenvalue weighted by atomic mass is 9.78. The number of carbonyl (C=O) groups is 2. The molecule has 1 spiro atoms. The van der Waals surface area contributed by atoms with Gasteiger partial charge in [-0.2, -0.15) is 0 Å². The Bertz CT molecular complexity index is 909. The SMILES string of the molecule is Cc1ncc(C(=O)N2CCC3(CC2)c2nc[nH]c2CCN3C(=O)C2CC2)cn1. The molecule has 28 heavy (non-hydrogen) atoms. The van der Waals surface area contributed by atoms with Crippen LogP contribution in [0.3, 0.4) is 0 Å². The zero-order chi connectivity index (χ0) is 19.3. The predicted molar refractivity (Wildman–Crippen MR) is 100 cm³/mol. The van der Waals surface area contributed by atoms with Crippen molar-refractivity contribution in [3.05, 3.63) is 41.5 Å². The average Bonchev–Trinajstić information content (AvgIpc) is 3.45. The summed E-state index contributed by atoms with van der Waals surface area (Å²) >= 11 is 0. The Hall–Kier alpha value is -2.77. The van der Waals surface area contributed by atoms with Crippen LogP contribution in [0.2, 0.25) is 0 Å². The number of likely N-dealkylation sites (tertiary alicyclic amines) is 1. The molecule has 2 aromatic rings. The highest BCUT2D eigenvalue weighted by Gasteiger charge is 2.51. The molecule has 0 atom stereocenters. The van der Waals surface area contributed by atoms with Crippen LogP contribution >= 0.6 is 0 Å². The lowest BCUT2D eigenvalue weighted by Crippen LogP contribution is -2.59. The van der Waals surface area contributed by atoms with Crippen molar-refractivity contribution in [1.82, 2.24) is 29.7 Å². The maximum absolute atomic E-state index is 13.0. The summed E-state index contributed by atoms with van der Waals surface area (Å²) in [6, 6.07) is 0. The fraction of sp³-hybridized carbons (Fsp3) is 0.550. The van der Waals surface area contributed by atoms with E-state index in [4.69, 9.17) is 0 Å². The highest BCUT2D eigenvalue weighted by molar-refractivity contribution is 5.93. The molecule has 5 rings (SSSR count). The molecule has 2 amide bonds. The first kappa shape index (κ1) is 17.3. The number of piperidine rings is 1. The van der Waals surface area contributed by atoms with Crippen molar-refractivity contribution in [2.75, 3.05) is 19.6 Å². The van der Waals surface area contributed by atoms with Crippen LogP contribution in [0, 0.1) is 12.8 Å². The molecule has 0 bridgehead atoms. The van der Waals surface area contributed by atoms with Crippen molar-refractivity contribution < 1.29 is 9.59 Å². The van der Waals surface area contributed by atoms with E-state index in [1.807, 2.05) is 4.90 Å². The van der Waals surface area contributed by atoms with Gasteiger partial charge in [-0.1, -0.05) is 0 Å². The van der Waals surface area contributed by atoms with E-state index in [0.717, 1.165) is 37.2 Å². The molecule has 2 aromatic heterocycles. The van der Waals surface area contributed by atoms with Crippen molar-refractivity contribution in [1.29, 1.82) is 0 Å². The van der Waals surface area contributed by atoms with Gasteiger partial charge in [0.15, 0.2) is 0 Å². The number of imidazole rings is 1. The number of nitrogens with zero attached hydrogens (tertiary/aromatic N) is 5. The fourth-order valence-electron chi connectivity index (χ4n) is 4.62. The van der Waals surface area contributed by atoms with Crippen LogP contribution in [0.5, 0.6) is 0 Å². The zero-order valence-electron chi connectivity index (χ0n) is 16.0. The molecule has 0 unspecified atom stereocenters. The third kappa shape index (κ3) is 2.70. The molecule has 1 N–H and O–H groups in total. The largest absolute Gasteiger partial charge is 0.348 e. The second-order valence-corrected chi connectivity index (χ2v) is 8.09. The van der Waals surface area contributed by atoms with Gasteiger partial charge in [0.2, 0.25) is 5.91 Å². The number of rotatable bonds is 2. The molecule has 1 aliphatic carbocycles. The monoisotopic (exact) mass is 380 g/mol. The Morgan fingerprint density at radius 1 is 1.11 bits per heavy atom. The second kappa shape index (κ2) is 6.39. The molecule has 2 fully saturated rings. The van der Waals surface area contributed by atoms with Crippen LogP contribution in [-0.2, 0) is 16.8 Å². The number of aryl methyl sites for hydroxylation is 1. The molecule has 8 nitrogen and oxygen atoms in total. The second-order valence-electron chi connectivity index (χ2n) is 8.09. The predicted octanol–water partition coefficient (Wildman–Crippen LogP) is 1.43. The normalized spacial score (nSPS) is 20.9. The van der Waals surface area contributed by atoms with E-state index in [1.165, 1.54) is 0 Å². The van der Waals surface area contributed by atoms with Crippen molar-refractivity contribution in [3.8, 4) is 0 Å². The molecule has 0 radical (unpaired) electrons. The number of fused-ring (bicyclic) bond motifs is 2. The summed E-state index contributed by atoms with van der Waals surface area (Å²) in [5, 5.41) is 0. The minimum absolute atomic E-state index is 0.0482. The van der Waals surface area contributed by atoms with Crippen molar-refractivity contribution in [2.24, 2.45) is 5.92 Å². The molecular formula is C20H24N6O2. The Labute approximate surface area is 163 Å². The van der Waals surface area contributed by atoms with Gasteiger partial charge in [0.05, 0.1) is 23.1 Å². The smallest absolute Gasteiger partial charge is 0.256 e. The first-order valence-corrected chi connectivity index (χ1v) is 10.0. The van der Waals surface area contributed by atoms with Gasteiger partial charge >= 0.3 is 0 Å². The first-order chi connectivity index (χ1) is 13.6. The van der Waals surface area contributed by atoms with Gasteiger partial charge in [0, 0.05) is 50.1 Å². The summed E-state index contributed by atoms with van der Waals surface area (Å²) in [6.07, 6.45) is 9.14. The Balaban J connectivity index is 1.40. The van der Waals surface area contributed by atoms with Crippen LogP contribution in [0.4, 0.5) is 0 Å². The number of aromatic nitrogens is 4. The van der Waals surface area contributed by atoms with Gasteiger partial charge in [-0.25, -0.2) is 15.0 Å². The lowest BCUT2D eigenvalue weighted by molar-refractivity contribution is -0.143. The maximum Gasteiger partial charge on any atom is 0.256 e. The van der Waals surface area contributed by atoms with E-state index in [2.05, 4.69) is 24.8 Å². The molecule has 2 aliphatic heterocycles. The maximum atomic E-state index is 13.0. The van der Waals surface area contributed by atoms with E-state index >= 15 is 0 Å². The van der Waals surface area contributed by atoms with Crippen molar-refractivity contribution in [3.63, 3.8) is 0 Å². The number of aromatic amines is 1. The quantitative estimate of drug-likeness (QED) is 0.851. The van der Waals surface area contributed by atoms with Crippen LogP contribution in [-0.4, -0.2) is 61.2 Å². The summed E-state index contributed by atoms with van der Waals surface area (Å²) in [7, 11) is 0. The van der Waals surface area contributed by atoms with E-state index in [0.29, 0.717) is 37.3 Å². The van der Waals surface area contributed by atoms with Gasteiger partial charge in [0.1, 0.15) is 5.82 Å². The highest BCUT2D eigenvalue weighted by atomic mass is 16.2. The summed E-state index contributed by atoms with van der Waals surface area (Å²) in [5.41, 5.74) is 2.25. The lowest BCUT2D eigenvalue weighted by Gasteiger charge is -2.50. The average molecular weight is 380 g/mol.